The first-order valence-electron chi connectivity index (χ1n) is 13.4. The molecule has 190 valence electrons. The van der Waals surface area contributed by atoms with Crippen LogP contribution in [0.25, 0.3) is 5.65 Å². The molecular formula is C27H35N7O2. The topological polar surface area (TPSA) is 106 Å². The molecule has 2 aliphatic carbocycles. The molecule has 0 aromatic carbocycles. The van der Waals surface area contributed by atoms with E-state index in [2.05, 4.69) is 22.7 Å². The average molecular weight is 490 g/mol. The Labute approximate surface area is 211 Å². The maximum atomic E-state index is 13.3. The molecule has 4 aliphatic rings. The third-order valence-electron chi connectivity index (χ3n) is 8.69. The van der Waals surface area contributed by atoms with Crippen LogP contribution in [0, 0.1) is 23.2 Å². The lowest BCUT2D eigenvalue weighted by atomic mass is 9.57. The maximum absolute atomic E-state index is 13.3. The number of carbonyl (C=O) groups excluding carboxylic acids is 2. The van der Waals surface area contributed by atoms with Crippen LogP contribution in [0.2, 0.25) is 0 Å². The summed E-state index contributed by atoms with van der Waals surface area (Å²) in [6, 6.07) is 5.55. The van der Waals surface area contributed by atoms with E-state index < -0.39 is 0 Å². The zero-order valence-corrected chi connectivity index (χ0v) is 21.1. The Morgan fingerprint density at radius 1 is 1.22 bits per heavy atom. The van der Waals surface area contributed by atoms with Gasteiger partial charge in [-0.2, -0.15) is 10.2 Å². The van der Waals surface area contributed by atoms with Crippen molar-refractivity contribution in [1.82, 2.24) is 35.0 Å². The highest BCUT2D eigenvalue weighted by molar-refractivity contribution is 5.92. The highest BCUT2D eigenvalue weighted by Crippen LogP contribution is 2.50. The van der Waals surface area contributed by atoms with E-state index in [0.29, 0.717) is 36.4 Å². The highest BCUT2D eigenvalue weighted by Gasteiger charge is 2.53. The number of fused-ring (bicyclic) bond motifs is 3. The van der Waals surface area contributed by atoms with Crippen molar-refractivity contribution in [3.8, 4) is 0 Å². The molecule has 5 heterocycles. The number of aromatic nitrogens is 5. The molecule has 2 aliphatic heterocycles. The second kappa shape index (κ2) is 9.01. The van der Waals surface area contributed by atoms with E-state index in [1.54, 1.807) is 16.9 Å². The molecule has 0 spiro atoms. The van der Waals surface area contributed by atoms with Crippen LogP contribution in [-0.2, 0) is 17.8 Å². The number of nitrogens with zero attached hydrogens (tertiary/aromatic N) is 5. The van der Waals surface area contributed by atoms with Gasteiger partial charge in [0.2, 0.25) is 5.91 Å². The molecule has 2 saturated carbocycles. The minimum atomic E-state index is -0.301. The summed E-state index contributed by atoms with van der Waals surface area (Å²) in [5.41, 5.74) is 2.77. The number of hydrogen-bond acceptors (Lipinski definition) is 5. The standard InChI is InChI=1S/C27H35N7O2/c1-3-33-22(10-11-29-33)25(35)31-24(19-6-4-17(2)5-7-19)21-16-34-23(30-21)9-8-20(32-34)14-27-12-18(13-27)15-28-26(27)36/h8-11,16-19,24H,3-7,12-15H2,1-2H3,(H,28,36)(H,31,35)/t17?,18?,19?,24-,27?/m0/s1. The van der Waals surface area contributed by atoms with Gasteiger partial charge in [0.15, 0.2) is 5.65 Å². The zero-order valence-electron chi connectivity index (χ0n) is 21.1. The van der Waals surface area contributed by atoms with Crippen LogP contribution < -0.4 is 10.6 Å². The number of nitrogens with one attached hydrogen (secondary N) is 2. The van der Waals surface area contributed by atoms with Gasteiger partial charge in [-0.1, -0.05) is 19.8 Å². The second-order valence-electron chi connectivity index (χ2n) is 11.2. The minimum Gasteiger partial charge on any atom is -0.355 e. The molecular weight excluding hydrogens is 454 g/mol. The van der Waals surface area contributed by atoms with E-state index >= 15 is 0 Å². The van der Waals surface area contributed by atoms with Crippen molar-refractivity contribution in [1.29, 1.82) is 0 Å². The molecule has 9 nitrogen and oxygen atoms in total. The molecule has 4 fully saturated rings. The third kappa shape index (κ3) is 4.08. The predicted molar refractivity (Wildman–Crippen MR) is 134 cm³/mol. The number of rotatable bonds is 7. The largest absolute Gasteiger partial charge is 0.355 e. The second-order valence-corrected chi connectivity index (χ2v) is 11.2. The molecule has 0 unspecified atom stereocenters. The molecule has 3 aromatic rings. The lowest BCUT2D eigenvalue weighted by molar-refractivity contribution is -0.146. The predicted octanol–water partition coefficient (Wildman–Crippen LogP) is 3.31. The Balaban J connectivity index is 1.27. The Morgan fingerprint density at radius 3 is 2.78 bits per heavy atom. The van der Waals surface area contributed by atoms with Gasteiger partial charge < -0.3 is 10.6 Å². The fourth-order valence-corrected chi connectivity index (χ4v) is 6.60. The SMILES string of the molecule is CCn1nccc1C(=O)N[C@H](c1cn2nc(CC34CC(CNC3=O)C4)ccc2n1)C1CCC(C)CC1. The first-order chi connectivity index (χ1) is 17.4. The fourth-order valence-electron chi connectivity index (χ4n) is 6.60. The average Bonchev–Trinajstić information content (AvgIpc) is 3.50. The number of piperidine rings is 2. The zero-order chi connectivity index (χ0) is 24.9. The minimum absolute atomic E-state index is 0.120. The molecule has 2 bridgehead atoms. The fraction of sp³-hybridized carbons (Fsp3) is 0.593. The third-order valence-corrected chi connectivity index (χ3v) is 8.69. The Morgan fingerprint density at radius 2 is 2.03 bits per heavy atom. The highest BCUT2D eigenvalue weighted by atomic mass is 16.2. The number of imidazole rings is 1. The lowest BCUT2D eigenvalue weighted by Gasteiger charge is -2.51. The van der Waals surface area contributed by atoms with Gasteiger partial charge in [0.25, 0.3) is 5.91 Å². The van der Waals surface area contributed by atoms with E-state index in [1.165, 1.54) is 0 Å². The summed E-state index contributed by atoms with van der Waals surface area (Å²) in [6.45, 7) is 5.73. The first kappa shape index (κ1) is 23.2. The Bertz CT molecular complexity index is 1280. The van der Waals surface area contributed by atoms with Gasteiger partial charge >= 0.3 is 0 Å². The normalized spacial score (nSPS) is 28.4. The van der Waals surface area contributed by atoms with E-state index in [9.17, 15) is 9.59 Å². The van der Waals surface area contributed by atoms with Gasteiger partial charge in [-0.25, -0.2) is 9.50 Å². The van der Waals surface area contributed by atoms with Gasteiger partial charge in [0.05, 0.1) is 29.0 Å². The van der Waals surface area contributed by atoms with Gasteiger partial charge in [0.1, 0.15) is 5.69 Å². The Hall–Kier alpha value is -3.23. The van der Waals surface area contributed by atoms with Crippen LogP contribution in [-0.4, -0.2) is 42.7 Å². The van der Waals surface area contributed by atoms with E-state index in [0.717, 1.165) is 62.1 Å². The molecule has 9 heteroatoms. The van der Waals surface area contributed by atoms with Crippen molar-refractivity contribution >= 4 is 17.5 Å². The van der Waals surface area contributed by atoms with Crippen molar-refractivity contribution in [3.05, 3.63) is 47.7 Å². The van der Waals surface area contributed by atoms with E-state index in [1.807, 2.05) is 29.8 Å². The molecule has 0 radical (unpaired) electrons. The lowest BCUT2D eigenvalue weighted by Crippen LogP contribution is -2.59. The first-order valence-corrected chi connectivity index (χ1v) is 13.4. The van der Waals surface area contributed by atoms with Crippen LogP contribution in [0.5, 0.6) is 0 Å². The molecule has 2 N–H and O–H groups in total. The number of aryl methyl sites for hydroxylation is 1. The molecule has 3 aromatic heterocycles. The van der Waals surface area contributed by atoms with Crippen molar-refractivity contribution in [2.24, 2.45) is 23.2 Å². The van der Waals surface area contributed by atoms with Crippen molar-refractivity contribution in [3.63, 3.8) is 0 Å². The molecule has 7 rings (SSSR count). The van der Waals surface area contributed by atoms with Crippen LogP contribution >= 0.6 is 0 Å². The smallest absolute Gasteiger partial charge is 0.270 e. The summed E-state index contributed by atoms with van der Waals surface area (Å²) in [5, 5.41) is 15.4. The van der Waals surface area contributed by atoms with Gasteiger partial charge in [-0.05, 0) is 68.6 Å². The summed E-state index contributed by atoms with van der Waals surface area (Å²) in [5.74, 6) is 1.69. The van der Waals surface area contributed by atoms with E-state index in [4.69, 9.17) is 10.1 Å². The van der Waals surface area contributed by atoms with Crippen LogP contribution in [0.1, 0.15) is 80.3 Å². The molecule has 36 heavy (non-hydrogen) atoms. The van der Waals surface area contributed by atoms with Crippen LogP contribution in [0.4, 0.5) is 0 Å². The van der Waals surface area contributed by atoms with Crippen molar-refractivity contribution in [2.75, 3.05) is 6.54 Å². The molecule has 2 saturated heterocycles. The number of hydrogen-bond donors (Lipinski definition) is 2. The number of amides is 2. The number of carbonyl (C=O) groups is 2. The van der Waals surface area contributed by atoms with Crippen LogP contribution in [0.3, 0.4) is 0 Å². The monoisotopic (exact) mass is 489 g/mol. The van der Waals surface area contributed by atoms with Gasteiger partial charge in [-0.3, -0.25) is 14.3 Å². The summed E-state index contributed by atoms with van der Waals surface area (Å²) in [7, 11) is 0. The summed E-state index contributed by atoms with van der Waals surface area (Å²) in [6.07, 6.45) is 10.6. The summed E-state index contributed by atoms with van der Waals surface area (Å²) >= 11 is 0. The van der Waals surface area contributed by atoms with E-state index in [-0.39, 0.29) is 23.3 Å². The summed E-state index contributed by atoms with van der Waals surface area (Å²) < 4.78 is 3.54. The summed E-state index contributed by atoms with van der Waals surface area (Å²) in [4.78, 5) is 30.7. The van der Waals surface area contributed by atoms with Gasteiger partial charge in [0, 0.05) is 25.7 Å². The van der Waals surface area contributed by atoms with Crippen molar-refractivity contribution < 1.29 is 9.59 Å². The maximum Gasteiger partial charge on any atom is 0.270 e. The Kier molecular flexibility index (Phi) is 5.80. The van der Waals surface area contributed by atoms with Crippen LogP contribution in [0.15, 0.2) is 30.6 Å². The molecule has 1 atom stereocenters. The van der Waals surface area contributed by atoms with Crippen molar-refractivity contribution in [2.45, 2.75) is 71.4 Å². The van der Waals surface area contributed by atoms with Gasteiger partial charge in [-0.15, -0.1) is 0 Å². The molecule has 2 amide bonds. The quantitative estimate of drug-likeness (QED) is 0.530.